The van der Waals surface area contributed by atoms with Crippen LogP contribution in [0.15, 0.2) is 84.9 Å². The van der Waals surface area contributed by atoms with E-state index >= 15 is 0 Å². The number of benzene rings is 4. The number of fused-ring (bicyclic) bond motifs is 1. The van der Waals surface area contributed by atoms with Gasteiger partial charge in [0, 0.05) is 29.7 Å². The Hall–Kier alpha value is -3.50. The molecule has 0 saturated carbocycles. The van der Waals surface area contributed by atoms with Crippen LogP contribution in [0.2, 0.25) is 0 Å². The summed E-state index contributed by atoms with van der Waals surface area (Å²) in [6.45, 7) is 4.34. The zero-order chi connectivity index (χ0) is 23.2. The van der Waals surface area contributed by atoms with Gasteiger partial charge in [0.05, 0.1) is 7.11 Å². The predicted octanol–water partition coefficient (Wildman–Crippen LogP) is 7.21. The number of ether oxygens (including phenoxy) is 2. The number of methoxy groups -OCH3 is 1. The summed E-state index contributed by atoms with van der Waals surface area (Å²) in [5.74, 6) is 2.54. The van der Waals surface area contributed by atoms with E-state index in [0.717, 1.165) is 57.9 Å². The molecule has 5 rings (SSSR count). The maximum atomic E-state index is 6.59. The molecule has 1 aliphatic heterocycles. The largest absolute Gasteiger partial charge is 0.497 e. The Morgan fingerprint density at radius 3 is 2.29 bits per heavy atom. The van der Waals surface area contributed by atoms with Crippen molar-refractivity contribution in [1.82, 2.24) is 4.90 Å². The zero-order valence-corrected chi connectivity index (χ0v) is 19.8. The van der Waals surface area contributed by atoms with Crippen molar-refractivity contribution in [2.75, 3.05) is 38.6 Å². The standard InChI is InChI=1S/C30H32N2O2/c1-33-25-16-14-23(15-17-25)29-28(31-18-21-32-19-8-3-9-20-32)22-24-10-6-7-13-27(24)30(29)34-26-11-4-2-5-12-26/h2,4-7,10-17,22,31H,3,8-9,18-21H2,1H3. The topological polar surface area (TPSA) is 33.7 Å². The first-order chi connectivity index (χ1) is 16.8. The van der Waals surface area contributed by atoms with Crippen molar-refractivity contribution in [2.45, 2.75) is 19.3 Å². The molecule has 0 aliphatic carbocycles. The van der Waals surface area contributed by atoms with Crippen LogP contribution >= 0.6 is 0 Å². The fourth-order valence-electron chi connectivity index (χ4n) is 4.74. The normalized spacial score (nSPS) is 14.1. The van der Waals surface area contributed by atoms with Gasteiger partial charge in [-0.1, -0.05) is 61.0 Å². The van der Waals surface area contributed by atoms with Gasteiger partial charge in [-0.2, -0.15) is 0 Å². The van der Waals surface area contributed by atoms with Crippen LogP contribution in [0.3, 0.4) is 0 Å². The van der Waals surface area contributed by atoms with Crippen LogP contribution in [0.1, 0.15) is 19.3 Å². The van der Waals surface area contributed by atoms with E-state index in [4.69, 9.17) is 9.47 Å². The SMILES string of the molecule is COc1ccc(-c2c(NCCN3CCCCC3)cc3ccccc3c2Oc2ccccc2)cc1. The second-order valence-electron chi connectivity index (χ2n) is 8.82. The summed E-state index contributed by atoms with van der Waals surface area (Å²) < 4.78 is 12.0. The van der Waals surface area contributed by atoms with Crippen LogP contribution in [-0.4, -0.2) is 38.2 Å². The van der Waals surface area contributed by atoms with Gasteiger partial charge >= 0.3 is 0 Å². The highest BCUT2D eigenvalue weighted by Crippen LogP contribution is 2.45. The fourth-order valence-corrected chi connectivity index (χ4v) is 4.74. The Kier molecular flexibility index (Phi) is 6.97. The average molecular weight is 453 g/mol. The van der Waals surface area contributed by atoms with Crippen LogP contribution in [0.5, 0.6) is 17.2 Å². The van der Waals surface area contributed by atoms with E-state index in [1.165, 1.54) is 32.4 Å². The molecule has 4 nitrogen and oxygen atoms in total. The number of hydrogen-bond acceptors (Lipinski definition) is 4. The van der Waals surface area contributed by atoms with Crippen LogP contribution in [-0.2, 0) is 0 Å². The number of nitrogens with one attached hydrogen (secondary N) is 1. The third kappa shape index (κ3) is 5.02. The van der Waals surface area contributed by atoms with Crippen molar-refractivity contribution in [1.29, 1.82) is 0 Å². The third-order valence-corrected chi connectivity index (χ3v) is 6.54. The zero-order valence-electron chi connectivity index (χ0n) is 19.8. The highest BCUT2D eigenvalue weighted by Gasteiger charge is 2.18. The Morgan fingerprint density at radius 1 is 0.794 bits per heavy atom. The molecule has 0 bridgehead atoms. The molecule has 0 unspecified atom stereocenters. The molecule has 0 radical (unpaired) electrons. The van der Waals surface area contributed by atoms with Gasteiger partial charge < -0.3 is 19.7 Å². The minimum atomic E-state index is 0.827. The summed E-state index contributed by atoms with van der Waals surface area (Å²) in [6, 6.07) is 29.0. The Morgan fingerprint density at radius 2 is 1.53 bits per heavy atom. The monoisotopic (exact) mass is 452 g/mol. The van der Waals surface area contributed by atoms with E-state index in [9.17, 15) is 0 Å². The lowest BCUT2D eigenvalue weighted by atomic mass is 9.97. The second-order valence-corrected chi connectivity index (χ2v) is 8.82. The molecule has 34 heavy (non-hydrogen) atoms. The third-order valence-electron chi connectivity index (χ3n) is 6.54. The van der Waals surface area contributed by atoms with Crippen LogP contribution in [0.4, 0.5) is 5.69 Å². The van der Waals surface area contributed by atoms with Crippen LogP contribution < -0.4 is 14.8 Å². The molecule has 1 N–H and O–H groups in total. The summed E-state index contributed by atoms with van der Waals surface area (Å²) in [5, 5.41) is 6.01. The Balaban J connectivity index is 1.57. The van der Waals surface area contributed by atoms with Gasteiger partial charge in [0.2, 0.25) is 0 Å². The number of para-hydroxylation sites is 1. The molecule has 0 amide bonds. The number of anilines is 1. The smallest absolute Gasteiger partial charge is 0.145 e. The number of rotatable bonds is 8. The average Bonchev–Trinajstić information content (AvgIpc) is 2.90. The molecular formula is C30H32N2O2. The molecule has 174 valence electrons. The van der Waals surface area contributed by atoms with Crippen molar-refractivity contribution >= 4 is 16.5 Å². The molecular weight excluding hydrogens is 420 g/mol. The summed E-state index contributed by atoms with van der Waals surface area (Å²) in [4.78, 5) is 2.56. The molecule has 1 heterocycles. The summed E-state index contributed by atoms with van der Waals surface area (Å²) >= 11 is 0. The number of nitrogens with zero attached hydrogens (tertiary/aromatic N) is 1. The van der Waals surface area contributed by atoms with Gasteiger partial charge in [0.1, 0.15) is 17.2 Å². The Labute approximate surface area is 202 Å². The molecule has 0 atom stereocenters. The molecule has 4 heteroatoms. The summed E-state index contributed by atoms with van der Waals surface area (Å²) in [7, 11) is 1.70. The highest BCUT2D eigenvalue weighted by atomic mass is 16.5. The molecule has 1 aliphatic rings. The van der Waals surface area contributed by atoms with E-state index < -0.39 is 0 Å². The fraction of sp³-hybridized carbons (Fsp3) is 0.267. The van der Waals surface area contributed by atoms with Gasteiger partial charge in [0.25, 0.3) is 0 Å². The number of likely N-dealkylation sites (tertiary alicyclic amines) is 1. The second kappa shape index (κ2) is 10.6. The molecule has 4 aromatic carbocycles. The van der Waals surface area contributed by atoms with Gasteiger partial charge in [-0.05, 0) is 67.2 Å². The quantitative estimate of drug-likeness (QED) is 0.306. The van der Waals surface area contributed by atoms with Gasteiger partial charge in [-0.25, -0.2) is 0 Å². The molecule has 1 fully saturated rings. The lowest BCUT2D eigenvalue weighted by molar-refractivity contribution is 0.237. The molecule has 1 saturated heterocycles. The van der Waals surface area contributed by atoms with Crippen molar-refractivity contribution in [3.63, 3.8) is 0 Å². The molecule has 0 spiro atoms. The van der Waals surface area contributed by atoms with Crippen molar-refractivity contribution in [3.8, 4) is 28.4 Å². The summed E-state index contributed by atoms with van der Waals surface area (Å²) in [5.41, 5.74) is 3.26. The van der Waals surface area contributed by atoms with Crippen LogP contribution in [0.25, 0.3) is 21.9 Å². The number of piperidine rings is 1. The minimum absolute atomic E-state index is 0.827. The van der Waals surface area contributed by atoms with Crippen molar-refractivity contribution in [3.05, 3.63) is 84.9 Å². The lowest BCUT2D eigenvalue weighted by Crippen LogP contribution is -2.33. The van der Waals surface area contributed by atoms with E-state index in [1.807, 2.05) is 42.5 Å². The van der Waals surface area contributed by atoms with Gasteiger partial charge in [0.15, 0.2) is 0 Å². The summed E-state index contributed by atoms with van der Waals surface area (Å²) in [6.07, 6.45) is 3.97. The minimum Gasteiger partial charge on any atom is -0.497 e. The lowest BCUT2D eigenvalue weighted by Gasteiger charge is -2.27. The first kappa shape index (κ1) is 22.3. The van der Waals surface area contributed by atoms with E-state index in [-0.39, 0.29) is 0 Å². The number of hydrogen-bond donors (Lipinski definition) is 1. The van der Waals surface area contributed by atoms with Crippen LogP contribution in [0, 0.1) is 0 Å². The molecule has 0 aromatic heterocycles. The Bertz CT molecular complexity index is 1220. The first-order valence-corrected chi connectivity index (χ1v) is 12.2. The van der Waals surface area contributed by atoms with Crippen molar-refractivity contribution in [2.24, 2.45) is 0 Å². The highest BCUT2D eigenvalue weighted by molar-refractivity contribution is 6.01. The maximum absolute atomic E-state index is 6.59. The van der Waals surface area contributed by atoms with E-state index in [0.29, 0.717) is 0 Å². The van der Waals surface area contributed by atoms with E-state index in [1.54, 1.807) is 7.11 Å². The van der Waals surface area contributed by atoms with E-state index in [2.05, 4.69) is 52.7 Å². The van der Waals surface area contributed by atoms with Gasteiger partial charge in [-0.15, -0.1) is 0 Å². The van der Waals surface area contributed by atoms with Gasteiger partial charge in [-0.3, -0.25) is 0 Å². The first-order valence-electron chi connectivity index (χ1n) is 12.2. The maximum Gasteiger partial charge on any atom is 0.145 e. The van der Waals surface area contributed by atoms with Crippen molar-refractivity contribution < 1.29 is 9.47 Å². The predicted molar refractivity (Wildman–Crippen MR) is 141 cm³/mol. The molecule has 4 aromatic rings.